The highest BCUT2D eigenvalue weighted by molar-refractivity contribution is 5.91. The van der Waals surface area contributed by atoms with Gasteiger partial charge in [-0.25, -0.2) is 4.39 Å². The molecule has 2 amide bonds. The van der Waals surface area contributed by atoms with Gasteiger partial charge in [-0.3, -0.25) is 14.5 Å². The summed E-state index contributed by atoms with van der Waals surface area (Å²) >= 11 is 0. The van der Waals surface area contributed by atoms with Gasteiger partial charge in [0.15, 0.2) is 5.76 Å². The van der Waals surface area contributed by atoms with Crippen molar-refractivity contribution in [1.29, 1.82) is 0 Å². The van der Waals surface area contributed by atoms with Crippen molar-refractivity contribution in [3.05, 3.63) is 59.3 Å². The fourth-order valence-electron chi connectivity index (χ4n) is 2.43. The van der Waals surface area contributed by atoms with Crippen molar-refractivity contribution in [2.24, 2.45) is 0 Å². The van der Waals surface area contributed by atoms with E-state index in [-0.39, 0.29) is 24.1 Å². The summed E-state index contributed by atoms with van der Waals surface area (Å²) in [5, 5.41) is 2.72. The van der Waals surface area contributed by atoms with E-state index in [1.165, 1.54) is 11.0 Å². The van der Waals surface area contributed by atoms with E-state index in [0.29, 0.717) is 11.3 Å². The van der Waals surface area contributed by atoms with Gasteiger partial charge in [-0.2, -0.15) is 0 Å². The number of nitrogens with zero attached hydrogens (tertiary/aromatic N) is 2. The molecule has 2 aromatic rings. The van der Waals surface area contributed by atoms with Gasteiger partial charge in [-0.05, 0) is 32.3 Å². The number of nitrogens with one attached hydrogen (secondary N) is 1. The molecule has 6 nitrogen and oxygen atoms in total. The summed E-state index contributed by atoms with van der Waals surface area (Å²) in [7, 11) is 6.67. The lowest BCUT2D eigenvalue weighted by Gasteiger charge is -2.24. The summed E-state index contributed by atoms with van der Waals surface area (Å²) < 4.78 is 19.5. The Morgan fingerprint density at radius 2 is 1.80 bits per heavy atom. The average molecular weight is 347 g/mol. The van der Waals surface area contributed by atoms with Crippen LogP contribution in [0.15, 0.2) is 40.8 Å². The molecule has 1 aromatic heterocycles. The Labute approximate surface area is 146 Å². The lowest BCUT2D eigenvalue weighted by Crippen LogP contribution is -2.37. The van der Waals surface area contributed by atoms with Crippen LogP contribution >= 0.6 is 0 Å². The summed E-state index contributed by atoms with van der Waals surface area (Å²) in [6, 6.07) is 8.60. The largest absolute Gasteiger partial charge is 0.454 e. The predicted octanol–water partition coefficient (Wildman–Crippen LogP) is 2.04. The molecule has 0 saturated carbocycles. The fraction of sp³-hybridized carbons (Fsp3) is 0.333. The van der Waals surface area contributed by atoms with Gasteiger partial charge in [0.05, 0.1) is 6.54 Å². The van der Waals surface area contributed by atoms with Crippen LogP contribution in [0.2, 0.25) is 0 Å². The minimum Gasteiger partial charge on any atom is -0.454 e. The standard InChI is InChI=1S/C18H22FN3O3/c1-21(2)16(13-7-5-6-8-14(13)19)17(23)20-11-12-9-10-15(25-12)18(24)22(3)4/h5-10,16H,11H2,1-4H3,(H,20,23)/t16-/m0/s1. The van der Waals surface area contributed by atoms with Crippen LogP contribution in [-0.2, 0) is 11.3 Å². The van der Waals surface area contributed by atoms with E-state index >= 15 is 0 Å². The normalized spacial score (nSPS) is 12.1. The molecule has 1 aromatic carbocycles. The van der Waals surface area contributed by atoms with Gasteiger partial charge in [-0.15, -0.1) is 0 Å². The molecular formula is C18H22FN3O3. The third kappa shape index (κ3) is 4.45. The van der Waals surface area contributed by atoms with Crippen molar-refractivity contribution < 1.29 is 18.4 Å². The van der Waals surface area contributed by atoms with E-state index in [9.17, 15) is 14.0 Å². The Morgan fingerprint density at radius 3 is 2.40 bits per heavy atom. The highest BCUT2D eigenvalue weighted by atomic mass is 19.1. The molecule has 0 aliphatic carbocycles. The first-order valence-electron chi connectivity index (χ1n) is 7.80. The zero-order valence-corrected chi connectivity index (χ0v) is 14.7. The summed E-state index contributed by atoms with van der Waals surface area (Å²) in [6.45, 7) is 0.109. The zero-order chi connectivity index (χ0) is 18.6. The Balaban J connectivity index is 2.08. The number of hydrogen-bond donors (Lipinski definition) is 1. The van der Waals surface area contributed by atoms with Gasteiger partial charge in [0.2, 0.25) is 5.91 Å². The molecule has 0 bridgehead atoms. The first-order valence-corrected chi connectivity index (χ1v) is 7.80. The van der Waals surface area contributed by atoms with Crippen LogP contribution in [0, 0.1) is 5.82 Å². The lowest BCUT2D eigenvalue weighted by atomic mass is 10.0. The minimum absolute atomic E-state index is 0.109. The number of furan rings is 1. The summed E-state index contributed by atoms with van der Waals surface area (Å²) in [6.07, 6.45) is 0. The van der Waals surface area contributed by atoms with Crippen molar-refractivity contribution in [3.63, 3.8) is 0 Å². The SMILES string of the molecule is CN(C)C(=O)c1ccc(CNC(=O)[C@H](c2ccccc2F)N(C)C)o1. The smallest absolute Gasteiger partial charge is 0.289 e. The monoisotopic (exact) mass is 347 g/mol. The van der Waals surface area contributed by atoms with Crippen molar-refractivity contribution >= 4 is 11.8 Å². The molecule has 0 aliphatic heterocycles. The second-order valence-electron chi connectivity index (χ2n) is 6.07. The number of amides is 2. The Kier molecular flexibility index (Phi) is 5.93. The summed E-state index contributed by atoms with van der Waals surface area (Å²) in [5.41, 5.74) is 0.299. The first-order chi connectivity index (χ1) is 11.8. The molecule has 0 aliphatic rings. The molecule has 0 spiro atoms. The van der Waals surface area contributed by atoms with E-state index in [0.717, 1.165) is 0 Å². The van der Waals surface area contributed by atoms with Gasteiger partial charge in [0.25, 0.3) is 5.91 Å². The molecule has 134 valence electrons. The van der Waals surface area contributed by atoms with E-state index in [1.54, 1.807) is 63.4 Å². The number of likely N-dealkylation sites (N-methyl/N-ethyl adjacent to an activating group) is 1. The lowest BCUT2D eigenvalue weighted by molar-refractivity contribution is -0.126. The number of benzene rings is 1. The fourth-order valence-corrected chi connectivity index (χ4v) is 2.43. The topological polar surface area (TPSA) is 65.8 Å². The Morgan fingerprint density at radius 1 is 1.12 bits per heavy atom. The van der Waals surface area contributed by atoms with Gasteiger partial charge in [0.1, 0.15) is 17.6 Å². The molecule has 25 heavy (non-hydrogen) atoms. The third-order valence-corrected chi connectivity index (χ3v) is 3.68. The summed E-state index contributed by atoms with van der Waals surface area (Å²) in [5.74, 6) is -0.396. The van der Waals surface area contributed by atoms with Crippen LogP contribution in [-0.4, -0.2) is 49.8 Å². The van der Waals surface area contributed by atoms with Gasteiger partial charge >= 0.3 is 0 Å². The van der Waals surface area contributed by atoms with Crippen LogP contribution in [0.1, 0.15) is 27.9 Å². The van der Waals surface area contributed by atoms with E-state index in [4.69, 9.17) is 4.42 Å². The van der Waals surface area contributed by atoms with Crippen molar-refractivity contribution in [1.82, 2.24) is 15.1 Å². The molecular weight excluding hydrogens is 325 g/mol. The van der Waals surface area contributed by atoms with Gasteiger partial charge < -0.3 is 14.6 Å². The molecule has 0 radical (unpaired) electrons. The van der Waals surface area contributed by atoms with Crippen LogP contribution in [0.25, 0.3) is 0 Å². The average Bonchev–Trinajstić information content (AvgIpc) is 3.02. The Bertz CT molecular complexity index is 756. The minimum atomic E-state index is -0.765. The van der Waals surface area contributed by atoms with E-state index in [2.05, 4.69) is 5.32 Å². The van der Waals surface area contributed by atoms with Crippen molar-refractivity contribution in [3.8, 4) is 0 Å². The Hall–Kier alpha value is -2.67. The maximum atomic E-state index is 14.0. The quantitative estimate of drug-likeness (QED) is 0.868. The molecule has 0 unspecified atom stereocenters. The number of carbonyl (C=O) groups is 2. The van der Waals surface area contributed by atoms with Crippen LogP contribution in [0.5, 0.6) is 0 Å². The van der Waals surface area contributed by atoms with Gasteiger partial charge in [-0.1, -0.05) is 18.2 Å². The molecule has 0 saturated heterocycles. The zero-order valence-electron chi connectivity index (χ0n) is 14.7. The number of rotatable bonds is 6. The number of halogens is 1. The molecule has 7 heteroatoms. The molecule has 1 N–H and O–H groups in total. The number of hydrogen-bond acceptors (Lipinski definition) is 4. The molecule has 2 rings (SSSR count). The van der Waals surface area contributed by atoms with Crippen LogP contribution < -0.4 is 5.32 Å². The van der Waals surface area contributed by atoms with Gasteiger partial charge in [0, 0.05) is 19.7 Å². The highest BCUT2D eigenvalue weighted by Gasteiger charge is 2.25. The van der Waals surface area contributed by atoms with Crippen molar-refractivity contribution in [2.75, 3.05) is 28.2 Å². The maximum absolute atomic E-state index is 14.0. The molecule has 1 atom stereocenters. The van der Waals surface area contributed by atoms with E-state index in [1.807, 2.05) is 0 Å². The summed E-state index contributed by atoms with van der Waals surface area (Å²) in [4.78, 5) is 27.4. The van der Waals surface area contributed by atoms with Crippen LogP contribution in [0.3, 0.4) is 0 Å². The van der Waals surface area contributed by atoms with Crippen LogP contribution in [0.4, 0.5) is 4.39 Å². The predicted molar refractivity (Wildman–Crippen MR) is 91.4 cm³/mol. The van der Waals surface area contributed by atoms with E-state index < -0.39 is 11.9 Å². The molecule has 1 heterocycles. The molecule has 0 fully saturated rings. The second-order valence-corrected chi connectivity index (χ2v) is 6.07. The first kappa shape index (κ1) is 18.7. The highest BCUT2D eigenvalue weighted by Crippen LogP contribution is 2.21. The third-order valence-electron chi connectivity index (χ3n) is 3.68. The van der Waals surface area contributed by atoms with Crippen molar-refractivity contribution in [2.45, 2.75) is 12.6 Å². The second kappa shape index (κ2) is 7.94. The number of carbonyl (C=O) groups excluding carboxylic acids is 2. The maximum Gasteiger partial charge on any atom is 0.289 e.